The maximum atomic E-state index is 12.8. The van der Waals surface area contributed by atoms with Crippen LogP contribution in [0, 0.1) is 0 Å². The molecule has 2 unspecified atom stereocenters. The summed E-state index contributed by atoms with van der Waals surface area (Å²) in [5.74, 6) is -1.47. The van der Waals surface area contributed by atoms with Crippen LogP contribution in [0.5, 0.6) is 0 Å². The third-order valence-corrected chi connectivity index (χ3v) is 11.3. The number of carboxylic acid groups (broad SMARTS) is 1. The molecule has 8 heteroatoms. The summed E-state index contributed by atoms with van der Waals surface area (Å²) < 4.78 is 17.3. The Bertz CT molecular complexity index is 1080. The average Bonchev–Trinajstić information content (AvgIpc) is 3.21. The topological polar surface area (TPSA) is 99.1 Å². The van der Waals surface area contributed by atoms with Gasteiger partial charge in [-0.25, -0.2) is 4.79 Å². The van der Waals surface area contributed by atoms with Gasteiger partial charge in [-0.05, 0) is 64.2 Å². The van der Waals surface area contributed by atoms with Crippen LogP contribution >= 0.6 is 0 Å². The number of rotatable bonds is 45. The summed E-state index contributed by atoms with van der Waals surface area (Å²) >= 11 is 0. The van der Waals surface area contributed by atoms with Gasteiger partial charge in [-0.15, -0.1) is 0 Å². The zero-order chi connectivity index (χ0) is 44.2. The lowest BCUT2D eigenvalue weighted by Gasteiger charge is -2.31. The molecule has 2 atom stereocenters. The van der Waals surface area contributed by atoms with E-state index in [-0.39, 0.29) is 36.2 Å². The Kier molecular flexibility index (Phi) is 41.4. The molecule has 0 saturated carbocycles. The molecule has 0 heterocycles. The highest BCUT2D eigenvalue weighted by Crippen LogP contribution is 2.15. The molecule has 0 aliphatic rings. The van der Waals surface area contributed by atoms with Crippen molar-refractivity contribution in [2.24, 2.45) is 0 Å². The molecule has 60 heavy (non-hydrogen) atoms. The van der Waals surface area contributed by atoms with Crippen molar-refractivity contribution >= 4 is 17.9 Å². The Morgan fingerprint density at radius 3 is 1.38 bits per heavy atom. The van der Waals surface area contributed by atoms with E-state index in [2.05, 4.69) is 50.3 Å². The fraction of sp³-hybridized carbons (Fsp3) is 0.827. The second kappa shape index (κ2) is 43.2. The van der Waals surface area contributed by atoms with Gasteiger partial charge in [0, 0.05) is 19.3 Å². The van der Waals surface area contributed by atoms with E-state index in [9.17, 15) is 19.5 Å². The van der Waals surface area contributed by atoms with Crippen LogP contribution in [0.4, 0.5) is 0 Å². The predicted octanol–water partition coefficient (Wildman–Crippen LogP) is 14.2. The Labute approximate surface area is 370 Å². The largest absolute Gasteiger partial charge is 0.477 e. The fourth-order valence-electron chi connectivity index (χ4n) is 7.42. The molecule has 0 aromatic heterocycles. The molecule has 0 radical (unpaired) electrons. The van der Waals surface area contributed by atoms with Crippen LogP contribution in [-0.4, -0.2) is 80.6 Å². The van der Waals surface area contributed by atoms with Crippen LogP contribution in [0.25, 0.3) is 0 Å². The van der Waals surface area contributed by atoms with Gasteiger partial charge in [-0.1, -0.05) is 179 Å². The van der Waals surface area contributed by atoms with Gasteiger partial charge in [-0.2, -0.15) is 0 Å². The molecule has 0 aromatic rings. The quantitative estimate of drug-likeness (QED) is 0.0282. The number of quaternary nitrogens is 1. The lowest BCUT2D eigenvalue weighted by atomic mass is 10.0. The molecule has 350 valence electrons. The zero-order valence-electron chi connectivity index (χ0n) is 39.9. The van der Waals surface area contributed by atoms with Gasteiger partial charge >= 0.3 is 17.9 Å². The van der Waals surface area contributed by atoms with Crippen molar-refractivity contribution in [1.82, 2.24) is 0 Å². The highest BCUT2D eigenvalue weighted by atomic mass is 16.6. The summed E-state index contributed by atoms with van der Waals surface area (Å²) in [6, 6.07) is -0.616. The maximum absolute atomic E-state index is 12.8. The number of hydrogen-bond donors (Lipinski definition) is 1. The monoisotopic (exact) mass is 847 g/mol. The first-order valence-electron chi connectivity index (χ1n) is 25.0. The minimum Gasteiger partial charge on any atom is -0.477 e. The summed E-state index contributed by atoms with van der Waals surface area (Å²) in [5.41, 5.74) is 0. The molecule has 1 N–H and O–H groups in total. The Balaban J connectivity index is 4.23. The van der Waals surface area contributed by atoms with Crippen LogP contribution < -0.4 is 0 Å². The number of aliphatic carboxylic acids is 1. The number of allylic oxidation sites excluding steroid dienone is 6. The first kappa shape index (κ1) is 57.5. The van der Waals surface area contributed by atoms with E-state index < -0.39 is 18.1 Å². The zero-order valence-corrected chi connectivity index (χ0v) is 39.9. The number of carboxylic acids is 1. The molecule has 0 aliphatic carbocycles. The molecule has 0 bridgehead atoms. The lowest BCUT2D eigenvalue weighted by molar-refractivity contribution is -0.887. The minimum absolute atomic E-state index is 0.0554. The van der Waals surface area contributed by atoms with E-state index in [4.69, 9.17) is 14.2 Å². The van der Waals surface area contributed by atoms with Gasteiger partial charge in [-0.3, -0.25) is 9.59 Å². The molecule has 0 spiro atoms. The first-order chi connectivity index (χ1) is 29.1. The molecular formula is C52H96NO7+. The number of carbonyl (C=O) groups excluding carboxylic acids is 2. The highest BCUT2D eigenvalue weighted by molar-refractivity contribution is 5.72. The van der Waals surface area contributed by atoms with Gasteiger partial charge in [0.25, 0.3) is 0 Å². The third-order valence-electron chi connectivity index (χ3n) is 11.3. The van der Waals surface area contributed by atoms with Crippen LogP contribution in [-0.2, 0) is 28.6 Å². The maximum Gasteiger partial charge on any atom is 0.362 e. The smallest absolute Gasteiger partial charge is 0.362 e. The van der Waals surface area contributed by atoms with E-state index in [0.29, 0.717) is 19.3 Å². The van der Waals surface area contributed by atoms with Crippen molar-refractivity contribution in [3.05, 3.63) is 36.5 Å². The molecular weight excluding hydrogens is 751 g/mol. The summed E-state index contributed by atoms with van der Waals surface area (Å²) in [4.78, 5) is 37.1. The summed E-state index contributed by atoms with van der Waals surface area (Å²) in [5, 5.41) is 9.64. The van der Waals surface area contributed by atoms with Gasteiger partial charge in [0.2, 0.25) is 0 Å². The van der Waals surface area contributed by atoms with E-state index in [0.717, 1.165) is 57.8 Å². The Morgan fingerprint density at radius 1 is 0.517 bits per heavy atom. The van der Waals surface area contributed by atoms with Crippen LogP contribution in [0.3, 0.4) is 0 Å². The molecule has 0 aliphatic heterocycles. The molecule has 0 amide bonds. The number of likely N-dealkylation sites (N-methyl/N-ethyl adjacent to an activating group) is 1. The second-order valence-corrected chi connectivity index (χ2v) is 18.0. The third kappa shape index (κ3) is 40.9. The SMILES string of the molecule is CC/C=C/C/C=C/CCCCCCCCCC(=O)OCC(COCCC(C(=O)O)[N+](C)(C)C)OC(=O)CCCCCCCCC/C=C/CCCCCCCCCCCCC. The van der Waals surface area contributed by atoms with Crippen molar-refractivity contribution < 1.29 is 38.2 Å². The predicted molar refractivity (Wildman–Crippen MR) is 252 cm³/mol. The Morgan fingerprint density at radius 2 is 0.933 bits per heavy atom. The average molecular weight is 847 g/mol. The van der Waals surface area contributed by atoms with E-state index in [1.54, 1.807) is 0 Å². The van der Waals surface area contributed by atoms with Crippen molar-refractivity contribution in [3.63, 3.8) is 0 Å². The van der Waals surface area contributed by atoms with Crippen molar-refractivity contribution in [2.45, 2.75) is 238 Å². The van der Waals surface area contributed by atoms with E-state index in [1.807, 2.05) is 21.1 Å². The summed E-state index contributed by atoms with van der Waals surface area (Å²) in [6.07, 6.45) is 50.5. The fourth-order valence-corrected chi connectivity index (χ4v) is 7.42. The summed E-state index contributed by atoms with van der Waals surface area (Å²) in [6.45, 7) is 4.64. The molecule has 8 nitrogen and oxygen atoms in total. The van der Waals surface area contributed by atoms with Gasteiger partial charge in [0.05, 0.1) is 34.4 Å². The summed E-state index contributed by atoms with van der Waals surface area (Å²) in [7, 11) is 5.53. The van der Waals surface area contributed by atoms with E-state index >= 15 is 0 Å². The molecule has 0 rings (SSSR count). The first-order valence-corrected chi connectivity index (χ1v) is 25.0. The second-order valence-electron chi connectivity index (χ2n) is 18.0. The highest BCUT2D eigenvalue weighted by Gasteiger charge is 2.31. The number of hydrogen-bond acceptors (Lipinski definition) is 6. The van der Waals surface area contributed by atoms with Crippen LogP contribution in [0.1, 0.15) is 226 Å². The number of esters is 2. The van der Waals surface area contributed by atoms with Crippen LogP contribution in [0.15, 0.2) is 36.5 Å². The minimum atomic E-state index is -0.876. The number of nitrogens with zero attached hydrogens (tertiary/aromatic N) is 1. The van der Waals surface area contributed by atoms with Crippen molar-refractivity contribution in [3.8, 4) is 0 Å². The van der Waals surface area contributed by atoms with Crippen molar-refractivity contribution in [1.29, 1.82) is 0 Å². The molecule has 0 aromatic carbocycles. The normalized spacial score (nSPS) is 13.2. The van der Waals surface area contributed by atoms with Crippen molar-refractivity contribution in [2.75, 3.05) is 41.0 Å². The van der Waals surface area contributed by atoms with Gasteiger partial charge in [0.1, 0.15) is 6.61 Å². The number of ether oxygens (including phenoxy) is 3. The number of unbranched alkanes of at least 4 members (excludes halogenated alkanes) is 25. The number of carbonyl (C=O) groups is 3. The standard InChI is InChI=1S/C52H95NO7/c1-6-8-10-12-14-16-18-20-22-23-24-25-26-27-28-29-31-33-35-37-39-41-43-51(55)60-48(46-58-45-44-49(52(56)57)53(3,4)5)47-59-50(54)42-40-38-36-34-32-30-21-19-17-15-13-11-9-7-2/h9,11,15,17,26-27,48-49H,6-8,10,12-14,16,18-25,28-47H2,1-5H3/p+1/b11-9+,17-15+,27-26+. The Hall–Kier alpha value is -2.45. The van der Waals surface area contributed by atoms with Gasteiger partial charge < -0.3 is 23.8 Å². The lowest BCUT2D eigenvalue weighted by Crippen LogP contribution is -2.50. The van der Waals surface area contributed by atoms with Gasteiger partial charge in [0.15, 0.2) is 12.1 Å². The molecule has 0 saturated heterocycles. The van der Waals surface area contributed by atoms with E-state index in [1.165, 1.54) is 135 Å². The molecule has 0 fully saturated rings. The van der Waals surface area contributed by atoms with Crippen LogP contribution in [0.2, 0.25) is 0 Å².